The zero-order valence-corrected chi connectivity index (χ0v) is 10.4. The van der Waals surface area contributed by atoms with Crippen molar-refractivity contribution in [1.82, 2.24) is 0 Å². The number of hydrogen-bond donors (Lipinski definition) is 1. The van der Waals surface area contributed by atoms with E-state index < -0.39 is 0 Å². The predicted molar refractivity (Wildman–Crippen MR) is 62.6 cm³/mol. The number of nitrogens with two attached hydrogens (primary N) is 1. The second-order valence-corrected chi connectivity index (χ2v) is 4.60. The lowest BCUT2D eigenvalue weighted by atomic mass is 10.1. The molecule has 1 aromatic rings. The molecule has 2 unspecified atom stereocenters. The van der Waals surface area contributed by atoms with Crippen LogP contribution in [0.15, 0.2) is 16.6 Å². The largest absolute Gasteiger partial charge is 0.493 e. The summed E-state index contributed by atoms with van der Waals surface area (Å²) in [6.45, 7) is 0. The molecule has 0 aromatic heterocycles. The van der Waals surface area contributed by atoms with Crippen LogP contribution in [0.5, 0.6) is 11.5 Å². The maximum Gasteiger partial charge on any atom is 0.174 e. The Hall–Kier alpha value is -0.740. The molecule has 1 fully saturated rings. The Bertz CT molecular complexity index is 381. The van der Waals surface area contributed by atoms with Gasteiger partial charge in [0.15, 0.2) is 11.5 Å². The zero-order valence-electron chi connectivity index (χ0n) is 8.79. The molecule has 2 rings (SSSR count). The van der Waals surface area contributed by atoms with Gasteiger partial charge in [-0.3, -0.25) is 0 Å². The lowest BCUT2D eigenvalue weighted by molar-refractivity contribution is 0.352. The molecule has 3 nitrogen and oxygen atoms in total. The van der Waals surface area contributed by atoms with Gasteiger partial charge in [-0.05, 0) is 40.0 Å². The Labute approximate surface area is 97.7 Å². The van der Waals surface area contributed by atoms with Crippen LogP contribution in [-0.2, 0) is 0 Å². The minimum atomic E-state index is 0.301. The van der Waals surface area contributed by atoms with E-state index in [0.29, 0.717) is 12.0 Å². The van der Waals surface area contributed by atoms with E-state index in [1.165, 1.54) is 5.56 Å². The number of rotatable bonds is 3. The summed E-state index contributed by atoms with van der Waals surface area (Å²) in [5.74, 6) is 1.96. The number of methoxy groups -OCH3 is 2. The average Bonchev–Trinajstić information content (AvgIpc) is 2.94. The Balaban J connectivity index is 2.39. The molecule has 2 N–H and O–H groups in total. The van der Waals surface area contributed by atoms with Gasteiger partial charge in [-0.25, -0.2) is 0 Å². The molecule has 1 saturated carbocycles. The first-order valence-electron chi connectivity index (χ1n) is 4.84. The Morgan fingerprint density at radius 3 is 2.47 bits per heavy atom. The molecule has 82 valence electrons. The van der Waals surface area contributed by atoms with Gasteiger partial charge in [0.2, 0.25) is 0 Å². The highest BCUT2D eigenvalue weighted by atomic mass is 79.9. The quantitative estimate of drug-likeness (QED) is 0.918. The molecule has 0 spiro atoms. The van der Waals surface area contributed by atoms with Crippen LogP contribution in [-0.4, -0.2) is 20.3 Å². The van der Waals surface area contributed by atoms with Crippen molar-refractivity contribution >= 4 is 15.9 Å². The van der Waals surface area contributed by atoms with Crippen molar-refractivity contribution in [3.8, 4) is 11.5 Å². The fraction of sp³-hybridized carbons (Fsp3) is 0.455. The van der Waals surface area contributed by atoms with Crippen molar-refractivity contribution < 1.29 is 9.47 Å². The molecule has 0 bridgehead atoms. The summed E-state index contributed by atoms with van der Waals surface area (Å²) < 4.78 is 11.4. The third-order valence-electron chi connectivity index (χ3n) is 2.72. The highest BCUT2D eigenvalue weighted by Gasteiger charge is 2.35. The van der Waals surface area contributed by atoms with Crippen LogP contribution in [0.4, 0.5) is 0 Å². The fourth-order valence-corrected chi connectivity index (χ4v) is 2.37. The van der Waals surface area contributed by atoms with E-state index in [2.05, 4.69) is 22.0 Å². The van der Waals surface area contributed by atoms with Crippen LogP contribution in [0.1, 0.15) is 17.9 Å². The van der Waals surface area contributed by atoms with E-state index in [1.54, 1.807) is 14.2 Å². The van der Waals surface area contributed by atoms with Gasteiger partial charge >= 0.3 is 0 Å². The Morgan fingerprint density at radius 2 is 2.00 bits per heavy atom. The standard InChI is InChI=1S/C11H14BrNO2/c1-14-10-4-6(7-5-9(7)13)3-8(12)11(10)15-2/h3-4,7,9H,5,13H2,1-2H3. The second-order valence-electron chi connectivity index (χ2n) is 3.74. The highest BCUT2D eigenvalue weighted by molar-refractivity contribution is 9.10. The molecule has 1 aliphatic rings. The van der Waals surface area contributed by atoms with Gasteiger partial charge in [-0.2, -0.15) is 0 Å². The number of halogens is 1. The lowest BCUT2D eigenvalue weighted by Crippen LogP contribution is -2.01. The number of benzene rings is 1. The van der Waals surface area contributed by atoms with Crippen LogP contribution in [0.25, 0.3) is 0 Å². The molecule has 1 aliphatic carbocycles. The third kappa shape index (κ3) is 1.96. The van der Waals surface area contributed by atoms with Crippen molar-refractivity contribution in [3.63, 3.8) is 0 Å². The maximum absolute atomic E-state index is 5.82. The van der Waals surface area contributed by atoms with Gasteiger partial charge < -0.3 is 15.2 Å². The topological polar surface area (TPSA) is 44.5 Å². The summed E-state index contributed by atoms with van der Waals surface area (Å²) in [5, 5.41) is 0. The van der Waals surface area contributed by atoms with Crippen LogP contribution in [0.3, 0.4) is 0 Å². The van der Waals surface area contributed by atoms with Gasteiger partial charge in [-0.15, -0.1) is 0 Å². The van der Waals surface area contributed by atoms with E-state index in [1.807, 2.05) is 6.07 Å². The van der Waals surface area contributed by atoms with Gasteiger partial charge in [0.1, 0.15) is 0 Å². The van der Waals surface area contributed by atoms with Crippen molar-refractivity contribution in [1.29, 1.82) is 0 Å². The minimum Gasteiger partial charge on any atom is -0.493 e. The molecule has 2 atom stereocenters. The molecule has 1 aromatic carbocycles. The van der Waals surface area contributed by atoms with Crippen LogP contribution < -0.4 is 15.2 Å². The fourth-order valence-electron chi connectivity index (χ4n) is 1.75. The zero-order chi connectivity index (χ0) is 11.0. The van der Waals surface area contributed by atoms with Crippen LogP contribution in [0.2, 0.25) is 0 Å². The molecular weight excluding hydrogens is 258 g/mol. The van der Waals surface area contributed by atoms with Crippen molar-refractivity contribution in [2.24, 2.45) is 5.73 Å². The van der Waals surface area contributed by atoms with E-state index in [0.717, 1.165) is 22.4 Å². The maximum atomic E-state index is 5.82. The summed E-state index contributed by atoms with van der Waals surface area (Å²) in [4.78, 5) is 0. The number of hydrogen-bond acceptors (Lipinski definition) is 3. The highest BCUT2D eigenvalue weighted by Crippen LogP contribution is 2.45. The normalized spacial score (nSPS) is 23.7. The monoisotopic (exact) mass is 271 g/mol. The summed E-state index contributed by atoms with van der Waals surface area (Å²) in [7, 11) is 3.27. The molecule has 0 saturated heterocycles. The summed E-state index contributed by atoms with van der Waals surface area (Å²) in [6, 6.07) is 4.36. The lowest BCUT2D eigenvalue weighted by Gasteiger charge is -2.11. The number of ether oxygens (including phenoxy) is 2. The van der Waals surface area contributed by atoms with E-state index in [4.69, 9.17) is 15.2 Å². The van der Waals surface area contributed by atoms with Crippen LogP contribution >= 0.6 is 15.9 Å². The van der Waals surface area contributed by atoms with E-state index in [9.17, 15) is 0 Å². The van der Waals surface area contributed by atoms with Gasteiger partial charge in [-0.1, -0.05) is 0 Å². The predicted octanol–water partition coefficient (Wildman–Crippen LogP) is 2.28. The molecule has 0 aliphatic heterocycles. The minimum absolute atomic E-state index is 0.301. The van der Waals surface area contributed by atoms with Crippen molar-refractivity contribution in [3.05, 3.63) is 22.2 Å². The first-order chi connectivity index (χ1) is 7.17. The smallest absolute Gasteiger partial charge is 0.174 e. The SMILES string of the molecule is COc1cc(C2CC2N)cc(Br)c1OC. The van der Waals surface area contributed by atoms with Crippen molar-refractivity contribution in [2.75, 3.05) is 14.2 Å². The van der Waals surface area contributed by atoms with Gasteiger partial charge in [0.05, 0.1) is 18.7 Å². The summed E-state index contributed by atoms with van der Waals surface area (Å²) >= 11 is 3.47. The van der Waals surface area contributed by atoms with E-state index in [-0.39, 0.29) is 0 Å². The molecule has 0 radical (unpaired) electrons. The van der Waals surface area contributed by atoms with Crippen molar-refractivity contribution in [2.45, 2.75) is 18.4 Å². The first-order valence-corrected chi connectivity index (χ1v) is 5.63. The average molecular weight is 272 g/mol. The van der Waals surface area contributed by atoms with Crippen LogP contribution in [0, 0.1) is 0 Å². The Kier molecular flexibility index (Phi) is 2.89. The molecule has 0 heterocycles. The molecule has 0 amide bonds. The third-order valence-corrected chi connectivity index (χ3v) is 3.31. The van der Waals surface area contributed by atoms with Gasteiger partial charge in [0, 0.05) is 12.0 Å². The summed E-state index contributed by atoms with van der Waals surface area (Å²) in [5.41, 5.74) is 7.04. The second kappa shape index (κ2) is 4.02. The summed E-state index contributed by atoms with van der Waals surface area (Å²) in [6.07, 6.45) is 1.06. The van der Waals surface area contributed by atoms with Gasteiger partial charge in [0.25, 0.3) is 0 Å². The Morgan fingerprint density at radius 1 is 1.33 bits per heavy atom. The molecule has 4 heteroatoms. The first kappa shape index (κ1) is 10.8. The molecular formula is C11H14BrNO2. The van der Waals surface area contributed by atoms with E-state index >= 15 is 0 Å². The molecule has 15 heavy (non-hydrogen) atoms.